The zero-order chi connectivity index (χ0) is 37.6. The fraction of sp³-hybridized carbons (Fsp3) is 1.00. The lowest BCUT2D eigenvalue weighted by atomic mass is 9.83. The maximum atomic E-state index is 9.39. The summed E-state index contributed by atoms with van der Waals surface area (Å²) >= 11 is 0. The molecule has 0 spiro atoms. The molecule has 14 unspecified atom stereocenters. The molecule has 18 atom stereocenters. The molecule has 3 saturated heterocycles. The second-order valence-electron chi connectivity index (χ2n) is 11.7. The van der Waals surface area contributed by atoms with Crippen molar-refractivity contribution < 1.29 is 105 Å². The van der Waals surface area contributed by atoms with Gasteiger partial charge in [-0.05, 0) is 6.42 Å². The summed E-state index contributed by atoms with van der Waals surface area (Å²) in [6.45, 7) is -0.996. The number of rotatable bonds is 7. The third-order valence-electron chi connectivity index (χ3n) is 8.36. The van der Waals surface area contributed by atoms with Gasteiger partial charge in [0.1, 0.15) is 67.1 Å². The topological polar surface area (TPSA) is 348 Å². The maximum Gasteiger partial charge on any atom is 0.186 e. The SMILES string of the molecule is COC1CC(O)[C@H](O)C(CO)C1.COC1OC(CO)[C@@H](O)C(O)C1O.COC1OC(CO)[C@H](O)C(O)C1O.COC1OC[C@@H](O)C(O)C1O. The number of ether oxygens (including phenoxy) is 7. The summed E-state index contributed by atoms with van der Waals surface area (Å²) < 4.78 is 33.9. The van der Waals surface area contributed by atoms with Crippen LogP contribution in [0.4, 0.5) is 0 Å². The highest BCUT2D eigenvalue weighted by atomic mass is 16.7. The zero-order valence-electron chi connectivity index (χ0n) is 27.8. The molecule has 21 heteroatoms. The number of aliphatic hydroxyl groups is 14. The number of aliphatic hydroxyl groups excluding tert-OH is 14. The van der Waals surface area contributed by atoms with Crippen LogP contribution in [0.15, 0.2) is 0 Å². The lowest BCUT2D eigenvalue weighted by molar-refractivity contribution is -0.294. The third-order valence-corrected chi connectivity index (χ3v) is 8.36. The van der Waals surface area contributed by atoms with Crippen molar-refractivity contribution in [2.75, 3.05) is 54.9 Å². The van der Waals surface area contributed by atoms with E-state index in [4.69, 9.17) is 59.1 Å². The fourth-order valence-electron chi connectivity index (χ4n) is 5.18. The molecular formula is C28H56O21. The van der Waals surface area contributed by atoms with E-state index in [2.05, 4.69) is 4.74 Å². The van der Waals surface area contributed by atoms with Gasteiger partial charge >= 0.3 is 0 Å². The van der Waals surface area contributed by atoms with Gasteiger partial charge in [-0.1, -0.05) is 0 Å². The van der Waals surface area contributed by atoms with E-state index < -0.39 is 111 Å². The van der Waals surface area contributed by atoms with Crippen LogP contribution >= 0.6 is 0 Å². The molecule has 0 radical (unpaired) electrons. The van der Waals surface area contributed by atoms with Crippen LogP contribution in [0.1, 0.15) is 12.8 Å². The second kappa shape index (κ2) is 23.0. The summed E-state index contributed by atoms with van der Waals surface area (Å²) in [7, 11) is 5.53. The van der Waals surface area contributed by atoms with E-state index in [-0.39, 0.29) is 25.2 Å². The minimum Gasteiger partial charge on any atom is -0.396 e. The summed E-state index contributed by atoms with van der Waals surface area (Å²) in [5.74, 6) is -0.251. The van der Waals surface area contributed by atoms with Crippen molar-refractivity contribution in [1.29, 1.82) is 0 Å². The highest BCUT2D eigenvalue weighted by Gasteiger charge is 2.44. The molecule has 0 aromatic rings. The predicted molar refractivity (Wildman–Crippen MR) is 159 cm³/mol. The van der Waals surface area contributed by atoms with Crippen LogP contribution in [0.25, 0.3) is 0 Å². The molecule has 3 aliphatic heterocycles. The average molecular weight is 729 g/mol. The van der Waals surface area contributed by atoms with E-state index in [0.29, 0.717) is 12.8 Å². The van der Waals surface area contributed by atoms with Gasteiger partial charge in [-0.15, -0.1) is 0 Å². The Bertz CT molecular complexity index is 783. The number of hydrogen-bond acceptors (Lipinski definition) is 21. The highest BCUT2D eigenvalue weighted by Crippen LogP contribution is 2.26. The van der Waals surface area contributed by atoms with E-state index in [1.807, 2.05) is 0 Å². The van der Waals surface area contributed by atoms with E-state index in [1.165, 1.54) is 21.3 Å². The minimum atomic E-state index is -1.36. The lowest BCUT2D eigenvalue weighted by Gasteiger charge is -2.38. The Morgan fingerprint density at radius 2 is 0.878 bits per heavy atom. The summed E-state index contributed by atoms with van der Waals surface area (Å²) in [4.78, 5) is 0. The molecule has 21 nitrogen and oxygen atoms in total. The van der Waals surface area contributed by atoms with Crippen molar-refractivity contribution in [3.8, 4) is 0 Å². The Kier molecular flexibility index (Phi) is 21.6. The van der Waals surface area contributed by atoms with Crippen LogP contribution in [-0.4, -0.2) is 231 Å². The molecule has 0 bridgehead atoms. The van der Waals surface area contributed by atoms with E-state index in [1.54, 1.807) is 7.11 Å². The Hall–Kier alpha value is -0.840. The van der Waals surface area contributed by atoms with Crippen molar-refractivity contribution in [3.63, 3.8) is 0 Å². The molecule has 14 N–H and O–H groups in total. The smallest absolute Gasteiger partial charge is 0.186 e. The first-order valence-corrected chi connectivity index (χ1v) is 15.4. The molecule has 3 heterocycles. The second-order valence-corrected chi connectivity index (χ2v) is 11.7. The number of hydrogen-bond donors (Lipinski definition) is 14. The van der Waals surface area contributed by atoms with Crippen LogP contribution in [-0.2, 0) is 33.2 Å². The molecule has 1 aliphatic carbocycles. The maximum absolute atomic E-state index is 9.39. The van der Waals surface area contributed by atoms with Crippen LogP contribution < -0.4 is 0 Å². The first kappa shape index (κ1) is 46.2. The van der Waals surface area contributed by atoms with Crippen molar-refractivity contribution in [3.05, 3.63) is 0 Å². The first-order valence-electron chi connectivity index (χ1n) is 15.4. The van der Waals surface area contributed by atoms with Gasteiger partial charge in [0.05, 0.1) is 38.1 Å². The van der Waals surface area contributed by atoms with E-state index in [0.717, 1.165) is 0 Å². The van der Waals surface area contributed by atoms with Crippen molar-refractivity contribution in [2.24, 2.45) is 5.92 Å². The van der Waals surface area contributed by atoms with E-state index in [9.17, 15) is 40.9 Å². The molecule has 0 amide bonds. The van der Waals surface area contributed by atoms with Gasteiger partial charge < -0.3 is 105 Å². The van der Waals surface area contributed by atoms with Crippen LogP contribution in [0.5, 0.6) is 0 Å². The van der Waals surface area contributed by atoms with Gasteiger partial charge in [0.15, 0.2) is 18.9 Å². The fourth-order valence-corrected chi connectivity index (χ4v) is 5.18. The quantitative estimate of drug-likeness (QED) is 0.116. The van der Waals surface area contributed by atoms with Crippen molar-refractivity contribution in [2.45, 2.75) is 117 Å². The highest BCUT2D eigenvalue weighted by molar-refractivity contribution is 4.90. The lowest BCUT2D eigenvalue weighted by Crippen LogP contribution is -2.58. The van der Waals surface area contributed by atoms with Crippen LogP contribution in [0.2, 0.25) is 0 Å². The average Bonchev–Trinajstić information content (AvgIpc) is 3.11. The molecule has 4 fully saturated rings. The Morgan fingerprint density at radius 1 is 0.449 bits per heavy atom. The van der Waals surface area contributed by atoms with Crippen LogP contribution in [0.3, 0.4) is 0 Å². The Morgan fingerprint density at radius 3 is 1.24 bits per heavy atom. The summed E-state index contributed by atoms with van der Waals surface area (Å²) in [6, 6.07) is 0. The monoisotopic (exact) mass is 728 g/mol. The molecular weight excluding hydrogens is 672 g/mol. The Balaban J connectivity index is 0.000000327. The first-order chi connectivity index (χ1) is 23.1. The van der Waals surface area contributed by atoms with Gasteiger partial charge in [0.2, 0.25) is 0 Å². The molecule has 1 saturated carbocycles. The minimum absolute atomic E-state index is 0.0171. The van der Waals surface area contributed by atoms with Gasteiger partial charge in [0.25, 0.3) is 0 Å². The van der Waals surface area contributed by atoms with Gasteiger partial charge in [-0.3, -0.25) is 0 Å². The Labute approximate surface area is 283 Å². The molecule has 4 rings (SSSR count). The molecule has 0 aromatic heterocycles. The van der Waals surface area contributed by atoms with E-state index >= 15 is 0 Å². The normalized spacial score (nSPS) is 45.4. The molecule has 294 valence electrons. The largest absolute Gasteiger partial charge is 0.396 e. The standard InChI is InChI=1S/C8H16O4.2C7H14O6.C6H12O5/c1-12-6-2-5(4-9)8(11)7(10)3-6;2*1-12-7-6(11)5(10)4(9)3(2-8)13-7;1-10-6-5(9)4(8)3(7)2-11-6/h5-11H,2-4H2,1H3;2*3-11H,2H2,1H3;3-9H,2H2,1H3/t5?,6?,7?,8-;2*3?,4-,5?,6?,7?;3-,4?,5?,6?/m1101/s1. The number of methoxy groups -OCH3 is 4. The third kappa shape index (κ3) is 13.0. The van der Waals surface area contributed by atoms with Crippen LogP contribution in [0, 0.1) is 5.92 Å². The zero-order valence-corrected chi connectivity index (χ0v) is 27.8. The van der Waals surface area contributed by atoms with Crippen molar-refractivity contribution in [1.82, 2.24) is 0 Å². The molecule has 49 heavy (non-hydrogen) atoms. The summed E-state index contributed by atoms with van der Waals surface area (Å²) in [6.07, 6.45) is -16.6. The summed E-state index contributed by atoms with van der Waals surface area (Å²) in [5.41, 5.74) is 0. The molecule has 0 aromatic carbocycles. The van der Waals surface area contributed by atoms with Gasteiger partial charge in [-0.25, -0.2) is 0 Å². The predicted octanol–water partition coefficient (Wildman–Crippen LogP) is -7.94. The summed E-state index contributed by atoms with van der Waals surface area (Å²) in [5, 5.41) is 128. The van der Waals surface area contributed by atoms with Crippen molar-refractivity contribution >= 4 is 0 Å². The van der Waals surface area contributed by atoms with Gasteiger partial charge in [-0.2, -0.15) is 0 Å². The van der Waals surface area contributed by atoms with Gasteiger partial charge in [0, 0.05) is 47.4 Å². The molecule has 4 aliphatic rings.